The van der Waals surface area contributed by atoms with Gasteiger partial charge in [0.05, 0.1) is 11.4 Å². The van der Waals surface area contributed by atoms with E-state index in [0.717, 1.165) is 47.0 Å². The molecule has 2 aromatic rings. The fourth-order valence-corrected chi connectivity index (χ4v) is 3.20. The molecule has 24 heavy (non-hydrogen) atoms. The van der Waals surface area contributed by atoms with Crippen LogP contribution in [0.3, 0.4) is 0 Å². The number of rotatable bonds is 0. The van der Waals surface area contributed by atoms with Gasteiger partial charge in [0.2, 0.25) is 0 Å². The Morgan fingerprint density at radius 3 is 1.71 bits per heavy atom. The fraction of sp³-hybridized carbons (Fsp3) is 0.100. The fourth-order valence-electron chi connectivity index (χ4n) is 3.20. The van der Waals surface area contributed by atoms with E-state index in [1.807, 2.05) is 0 Å². The molecule has 4 nitrogen and oxygen atoms in total. The molecular formula is C20H16N4. The van der Waals surface area contributed by atoms with Crippen molar-refractivity contribution in [3.05, 3.63) is 82.7 Å². The minimum Gasteiger partial charge on any atom is -0.359 e. The Bertz CT molecular complexity index is 922. The van der Waals surface area contributed by atoms with Gasteiger partial charge in [-0.3, -0.25) is 9.98 Å². The maximum Gasteiger partial charge on any atom is 0.0654 e. The zero-order valence-electron chi connectivity index (χ0n) is 13.1. The molecule has 0 saturated heterocycles. The Morgan fingerprint density at radius 2 is 1.17 bits per heavy atom. The van der Waals surface area contributed by atoms with E-state index in [0.29, 0.717) is 0 Å². The van der Waals surface area contributed by atoms with Crippen molar-refractivity contribution in [2.45, 2.75) is 12.8 Å². The minimum absolute atomic E-state index is 0.758. The first-order valence-electron chi connectivity index (χ1n) is 8.11. The van der Waals surface area contributed by atoms with Gasteiger partial charge in [-0.15, -0.1) is 0 Å². The van der Waals surface area contributed by atoms with Crippen molar-refractivity contribution < 1.29 is 0 Å². The molecule has 0 amide bonds. The van der Waals surface area contributed by atoms with E-state index in [-0.39, 0.29) is 0 Å². The molecule has 0 aliphatic carbocycles. The zero-order valence-corrected chi connectivity index (χ0v) is 13.1. The lowest BCUT2D eigenvalue weighted by atomic mass is 10.2. The van der Waals surface area contributed by atoms with Crippen LogP contribution in [0.2, 0.25) is 0 Å². The Labute approximate surface area is 139 Å². The quantitative estimate of drug-likeness (QED) is 0.738. The van der Waals surface area contributed by atoms with Crippen LogP contribution in [0.1, 0.15) is 29.2 Å². The van der Waals surface area contributed by atoms with Crippen LogP contribution in [0.15, 0.2) is 69.9 Å². The van der Waals surface area contributed by atoms with Crippen LogP contribution in [0.25, 0.3) is 12.2 Å². The van der Waals surface area contributed by atoms with Crippen molar-refractivity contribution in [2.24, 2.45) is 9.98 Å². The molecule has 0 atom stereocenters. The summed E-state index contributed by atoms with van der Waals surface area (Å²) in [5.41, 5.74) is 8.57. The van der Waals surface area contributed by atoms with Gasteiger partial charge in [0, 0.05) is 47.0 Å². The number of allylic oxidation sites excluding steroid dienone is 4. The summed E-state index contributed by atoms with van der Waals surface area (Å²) >= 11 is 0. The average molecular weight is 312 g/mol. The van der Waals surface area contributed by atoms with Gasteiger partial charge in [-0.1, -0.05) is 0 Å². The molecule has 0 radical (unpaired) electrons. The van der Waals surface area contributed by atoms with Crippen LogP contribution < -0.4 is 0 Å². The van der Waals surface area contributed by atoms with Gasteiger partial charge in [-0.25, -0.2) is 0 Å². The highest BCUT2D eigenvalue weighted by Gasteiger charge is 2.12. The van der Waals surface area contributed by atoms with Crippen molar-refractivity contribution in [1.82, 2.24) is 9.97 Å². The van der Waals surface area contributed by atoms with Gasteiger partial charge >= 0.3 is 0 Å². The lowest BCUT2D eigenvalue weighted by molar-refractivity contribution is 1.05. The third-order valence-electron chi connectivity index (χ3n) is 4.33. The van der Waals surface area contributed by atoms with Crippen molar-refractivity contribution in [3.63, 3.8) is 0 Å². The molecule has 2 N–H and O–H groups in total. The number of nitrogens with zero attached hydrogens (tertiary/aromatic N) is 2. The molecule has 0 saturated carbocycles. The summed E-state index contributed by atoms with van der Waals surface area (Å²) in [6, 6.07) is 8.45. The Morgan fingerprint density at radius 1 is 0.625 bits per heavy atom. The summed E-state index contributed by atoms with van der Waals surface area (Å²) in [5.74, 6) is 0. The molecule has 4 heteroatoms. The van der Waals surface area contributed by atoms with Crippen LogP contribution in [0.4, 0.5) is 0 Å². The van der Waals surface area contributed by atoms with Gasteiger partial charge in [-0.05, 0) is 60.7 Å². The number of hydrogen-bond acceptors (Lipinski definition) is 2. The van der Waals surface area contributed by atoms with Gasteiger partial charge in [-0.2, -0.15) is 0 Å². The van der Waals surface area contributed by atoms with Crippen molar-refractivity contribution in [3.8, 4) is 0 Å². The van der Waals surface area contributed by atoms with Crippen LogP contribution in [-0.4, -0.2) is 21.4 Å². The van der Waals surface area contributed by atoms with Gasteiger partial charge in [0.1, 0.15) is 0 Å². The highest BCUT2D eigenvalue weighted by molar-refractivity contribution is 6.16. The number of hydrogen-bond donors (Lipinski definition) is 2. The molecule has 0 unspecified atom stereocenters. The summed E-state index contributed by atoms with van der Waals surface area (Å²) in [6.45, 7) is 0. The van der Waals surface area contributed by atoms with E-state index >= 15 is 0 Å². The normalized spacial score (nSPS) is 18.3. The zero-order chi connectivity index (χ0) is 15.9. The van der Waals surface area contributed by atoms with E-state index in [9.17, 15) is 0 Å². The van der Waals surface area contributed by atoms with Gasteiger partial charge < -0.3 is 9.97 Å². The first kappa shape index (κ1) is 13.3. The lowest BCUT2D eigenvalue weighted by Crippen LogP contribution is -1.99. The molecule has 0 spiro atoms. The largest absolute Gasteiger partial charge is 0.359 e. The van der Waals surface area contributed by atoms with Crippen LogP contribution >= 0.6 is 0 Å². The molecule has 116 valence electrons. The number of nitrogens with one attached hydrogen (secondary N) is 2. The Balaban J connectivity index is 1.60. The van der Waals surface area contributed by atoms with Crippen LogP contribution in [-0.2, 0) is 6.42 Å². The SMILES string of the molecule is C1=CC2=NC1=Cc1ccc([nH]1)Cc1ccc([nH]1)C=C1C=CC(=N1)C2. The third kappa shape index (κ3) is 2.52. The smallest absolute Gasteiger partial charge is 0.0654 e. The molecule has 0 fully saturated rings. The summed E-state index contributed by atoms with van der Waals surface area (Å²) in [7, 11) is 0. The standard InChI is InChI=1S/C20H16N4/c1-2-14-10-16-5-6-18(23-16)12-20-8-7-19(24-20)11-17-4-3-15(22-17)9-13(1)21-14/h1-9,12,21,23H,10-11H2. The highest BCUT2D eigenvalue weighted by atomic mass is 14.8. The highest BCUT2D eigenvalue weighted by Crippen LogP contribution is 2.21. The maximum atomic E-state index is 4.69. The lowest BCUT2D eigenvalue weighted by Gasteiger charge is -1.98. The molecule has 3 aliphatic rings. The Kier molecular flexibility index (Phi) is 2.88. The third-order valence-corrected chi connectivity index (χ3v) is 4.33. The summed E-state index contributed by atoms with van der Waals surface area (Å²) in [4.78, 5) is 16.3. The molecule has 2 aromatic heterocycles. The van der Waals surface area contributed by atoms with E-state index in [1.54, 1.807) is 0 Å². The van der Waals surface area contributed by atoms with Gasteiger partial charge in [0.15, 0.2) is 0 Å². The number of aliphatic imine (C=N–C) groups is 2. The first-order chi connectivity index (χ1) is 11.8. The molecule has 0 aromatic carbocycles. The molecule has 5 rings (SSSR count). The second kappa shape index (κ2) is 5.20. The maximum absolute atomic E-state index is 4.69. The van der Waals surface area contributed by atoms with E-state index in [1.165, 1.54) is 11.4 Å². The summed E-state index contributed by atoms with van der Waals surface area (Å²) < 4.78 is 0. The average Bonchev–Trinajstić information content (AvgIpc) is 3.32. The molecule has 3 aliphatic heterocycles. The number of H-pyrrole nitrogens is 2. The summed E-state index contributed by atoms with van der Waals surface area (Å²) in [5, 5.41) is 0. The number of aromatic nitrogens is 2. The second-order valence-electron chi connectivity index (χ2n) is 6.24. The molecule has 5 heterocycles. The van der Waals surface area contributed by atoms with Crippen molar-refractivity contribution >= 4 is 23.6 Å². The predicted molar refractivity (Wildman–Crippen MR) is 98.1 cm³/mol. The molecule has 8 bridgehead atoms. The second-order valence-corrected chi connectivity index (χ2v) is 6.24. The van der Waals surface area contributed by atoms with E-state index in [4.69, 9.17) is 0 Å². The Hall–Kier alpha value is -3.14. The number of fused-ring (bicyclic) bond motifs is 6. The minimum atomic E-state index is 0.758. The topological polar surface area (TPSA) is 56.3 Å². The van der Waals surface area contributed by atoms with E-state index in [2.05, 4.69) is 80.7 Å². The summed E-state index contributed by atoms with van der Waals surface area (Å²) in [6.07, 6.45) is 14.0. The van der Waals surface area contributed by atoms with Crippen molar-refractivity contribution in [1.29, 1.82) is 0 Å². The number of aromatic amines is 2. The van der Waals surface area contributed by atoms with Crippen molar-refractivity contribution in [2.75, 3.05) is 0 Å². The van der Waals surface area contributed by atoms with E-state index < -0.39 is 0 Å². The first-order valence-corrected chi connectivity index (χ1v) is 8.11. The van der Waals surface area contributed by atoms with Crippen LogP contribution in [0.5, 0.6) is 0 Å². The monoisotopic (exact) mass is 312 g/mol. The predicted octanol–water partition coefficient (Wildman–Crippen LogP) is 4.04. The van der Waals surface area contributed by atoms with Crippen LogP contribution in [0, 0.1) is 0 Å². The molecular weight excluding hydrogens is 296 g/mol. The van der Waals surface area contributed by atoms with Gasteiger partial charge in [0.25, 0.3) is 0 Å².